The molecule has 0 radical (unpaired) electrons. The topological polar surface area (TPSA) is 54.9 Å². The van der Waals surface area contributed by atoms with Crippen LogP contribution in [0.2, 0.25) is 0 Å². The first kappa shape index (κ1) is 16.4. The van der Waals surface area contributed by atoms with E-state index in [1.165, 1.54) is 0 Å². The Bertz CT molecular complexity index is 537. The molecule has 6 heteroatoms. The van der Waals surface area contributed by atoms with Crippen molar-refractivity contribution in [2.24, 2.45) is 0 Å². The SMILES string of the molecule is CC(C)N1CCOCC2(CN(C(=O)c3cccnc3)CCO2)C1. The number of nitrogens with zero attached hydrogens (tertiary/aromatic N) is 3. The number of morpholine rings is 1. The van der Waals surface area contributed by atoms with Crippen LogP contribution in [0.4, 0.5) is 0 Å². The maximum absolute atomic E-state index is 12.7. The number of hydrogen-bond acceptors (Lipinski definition) is 5. The van der Waals surface area contributed by atoms with Gasteiger partial charge in [0, 0.05) is 38.1 Å². The normalized spacial score (nSPS) is 26.5. The van der Waals surface area contributed by atoms with Crippen LogP contribution in [0.15, 0.2) is 24.5 Å². The smallest absolute Gasteiger partial charge is 0.255 e. The van der Waals surface area contributed by atoms with E-state index in [9.17, 15) is 4.79 Å². The molecule has 0 bridgehead atoms. The number of carbonyl (C=O) groups is 1. The summed E-state index contributed by atoms with van der Waals surface area (Å²) in [6, 6.07) is 4.03. The first-order chi connectivity index (χ1) is 11.1. The Hall–Kier alpha value is -1.50. The largest absolute Gasteiger partial charge is 0.377 e. The number of aromatic nitrogens is 1. The second-order valence-corrected chi connectivity index (χ2v) is 6.62. The van der Waals surface area contributed by atoms with Gasteiger partial charge in [0.15, 0.2) is 0 Å². The monoisotopic (exact) mass is 319 g/mol. The van der Waals surface area contributed by atoms with Gasteiger partial charge in [0.05, 0.1) is 31.9 Å². The third kappa shape index (κ3) is 3.71. The molecule has 1 spiro atoms. The molecule has 2 aliphatic rings. The Morgan fingerprint density at radius 2 is 2.17 bits per heavy atom. The molecule has 2 fully saturated rings. The minimum absolute atomic E-state index is 0.0149. The standard InChI is InChI=1S/C17H25N3O3/c1-14(2)19-6-8-22-13-17(11-19)12-20(7-9-23-17)16(21)15-4-3-5-18-10-15/h3-5,10,14H,6-9,11-13H2,1-2H3. The van der Waals surface area contributed by atoms with E-state index in [-0.39, 0.29) is 5.91 Å². The zero-order valence-corrected chi connectivity index (χ0v) is 13.9. The molecule has 0 saturated carbocycles. The molecule has 2 aliphatic heterocycles. The van der Waals surface area contributed by atoms with Crippen molar-refractivity contribution in [2.45, 2.75) is 25.5 Å². The van der Waals surface area contributed by atoms with Crippen molar-refractivity contribution in [1.29, 1.82) is 0 Å². The van der Waals surface area contributed by atoms with Crippen LogP contribution in [0, 0.1) is 0 Å². The molecule has 3 rings (SSSR count). The second-order valence-electron chi connectivity index (χ2n) is 6.62. The molecule has 1 amide bonds. The van der Waals surface area contributed by atoms with Gasteiger partial charge in [-0.1, -0.05) is 0 Å². The average Bonchev–Trinajstić information content (AvgIpc) is 2.78. The minimum Gasteiger partial charge on any atom is -0.377 e. The third-order valence-electron chi connectivity index (χ3n) is 4.55. The minimum atomic E-state index is -0.434. The molecule has 1 aromatic heterocycles. The fourth-order valence-electron chi connectivity index (χ4n) is 3.25. The van der Waals surface area contributed by atoms with Crippen molar-refractivity contribution in [2.75, 3.05) is 46.0 Å². The van der Waals surface area contributed by atoms with Gasteiger partial charge in [0.25, 0.3) is 5.91 Å². The molecule has 1 atom stereocenters. The van der Waals surface area contributed by atoms with E-state index in [4.69, 9.17) is 9.47 Å². The molecule has 0 aromatic carbocycles. The summed E-state index contributed by atoms with van der Waals surface area (Å²) in [5, 5.41) is 0. The Labute approximate surface area is 137 Å². The van der Waals surface area contributed by atoms with Crippen molar-refractivity contribution in [1.82, 2.24) is 14.8 Å². The molecule has 0 aliphatic carbocycles. The number of hydrogen-bond donors (Lipinski definition) is 0. The summed E-state index contributed by atoms with van der Waals surface area (Å²) in [4.78, 5) is 21.0. The third-order valence-corrected chi connectivity index (χ3v) is 4.55. The van der Waals surface area contributed by atoms with Crippen LogP contribution in [0.1, 0.15) is 24.2 Å². The predicted octanol–water partition coefficient (Wildman–Crippen LogP) is 1.03. The van der Waals surface area contributed by atoms with Gasteiger partial charge in [0.1, 0.15) is 5.60 Å². The maximum atomic E-state index is 12.7. The summed E-state index contributed by atoms with van der Waals surface area (Å²) in [6.45, 7) is 9.01. The Morgan fingerprint density at radius 3 is 2.91 bits per heavy atom. The molecular weight excluding hydrogens is 294 g/mol. The lowest BCUT2D eigenvalue weighted by Gasteiger charge is -2.44. The summed E-state index contributed by atoms with van der Waals surface area (Å²) >= 11 is 0. The van der Waals surface area contributed by atoms with Crippen LogP contribution in [0.3, 0.4) is 0 Å². The Kier molecular flexibility index (Phi) is 4.94. The van der Waals surface area contributed by atoms with Crippen LogP contribution < -0.4 is 0 Å². The molecule has 126 valence electrons. The first-order valence-corrected chi connectivity index (χ1v) is 8.25. The lowest BCUT2D eigenvalue weighted by molar-refractivity contribution is -0.134. The van der Waals surface area contributed by atoms with Gasteiger partial charge in [-0.3, -0.25) is 14.7 Å². The molecule has 1 unspecified atom stereocenters. The highest BCUT2D eigenvalue weighted by Gasteiger charge is 2.42. The number of rotatable bonds is 2. The van der Waals surface area contributed by atoms with E-state index >= 15 is 0 Å². The van der Waals surface area contributed by atoms with Gasteiger partial charge in [-0.15, -0.1) is 0 Å². The summed E-state index contributed by atoms with van der Waals surface area (Å²) in [5.41, 5.74) is 0.191. The number of ether oxygens (including phenoxy) is 2. The summed E-state index contributed by atoms with van der Waals surface area (Å²) < 4.78 is 11.9. The van der Waals surface area contributed by atoms with Crippen molar-refractivity contribution >= 4 is 5.91 Å². The van der Waals surface area contributed by atoms with Gasteiger partial charge in [-0.2, -0.15) is 0 Å². The molecule has 23 heavy (non-hydrogen) atoms. The van der Waals surface area contributed by atoms with Crippen LogP contribution in [0.5, 0.6) is 0 Å². The van der Waals surface area contributed by atoms with E-state index in [1.807, 2.05) is 11.0 Å². The highest BCUT2D eigenvalue weighted by Crippen LogP contribution is 2.24. The van der Waals surface area contributed by atoms with Gasteiger partial charge < -0.3 is 14.4 Å². The highest BCUT2D eigenvalue weighted by molar-refractivity contribution is 5.94. The molecular formula is C17H25N3O3. The Morgan fingerprint density at radius 1 is 1.30 bits per heavy atom. The quantitative estimate of drug-likeness (QED) is 0.815. The predicted molar refractivity (Wildman–Crippen MR) is 86.4 cm³/mol. The molecule has 1 aromatic rings. The van der Waals surface area contributed by atoms with E-state index in [1.54, 1.807) is 18.5 Å². The molecule has 6 nitrogen and oxygen atoms in total. The number of amides is 1. The molecule has 0 N–H and O–H groups in total. The fourth-order valence-corrected chi connectivity index (χ4v) is 3.25. The summed E-state index contributed by atoms with van der Waals surface area (Å²) in [7, 11) is 0. The second kappa shape index (κ2) is 6.95. The highest BCUT2D eigenvalue weighted by atomic mass is 16.5. The van der Waals surface area contributed by atoms with E-state index < -0.39 is 5.60 Å². The van der Waals surface area contributed by atoms with Crippen LogP contribution >= 0.6 is 0 Å². The van der Waals surface area contributed by atoms with Crippen molar-refractivity contribution < 1.29 is 14.3 Å². The Balaban J connectivity index is 1.75. The van der Waals surface area contributed by atoms with Crippen molar-refractivity contribution in [3.63, 3.8) is 0 Å². The van der Waals surface area contributed by atoms with E-state index in [0.29, 0.717) is 44.5 Å². The van der Waals surface area contributed by atoms with Gasteiger partial charge in [0.2, 0.25) is 0 Å². The van der Waals surface area contributed by atoms with Gasteiger partial charge in [-0.05, 0) is 26.0 Å². The molecule has 3 heterocycles. The lowest BCUT2D eigenvalue weighted by atomic mass is 10.0. The lowest BCUT2D eigenvalue weighted by Crippen LogP contribution is -2.60. The van der Waals surface area contributed by atoms with E-state index in [0.717, 1.165) is 13.1 Å². The zero-order valence-electron chi connectivity index (χ0n) is 13.9. The maximum Gasteiger partial charge on any atom is 0.255 e. The first-order valence-electron chi connectivity index (χ1n) is 8.25. The van der Waals surface area contributed by atoms with Crippen LogP contribution in [0.25, 0.3) is 0 Å². The fraction of sp³-hybridized carbons (Fsp3) is 0.647. The van der Waals surface area contributed by atoms with E-state index in [2.05, 4.69) is 23.7 Å². The zero-order chi connectivity index (χ0) is 16.3. The van der Waals surface area contributed by atoms with Crippen molar-refractivity contribution in [3.8, 4) is 0 Å². The summed E-state index contributed by atoms with van der Waals surface area (Å²) in [5.74, 6) is 0.0149. The molecule has 2 saturated heterocycles. The average molecular weight is 319 g/mol. The number of carbonyl (C=O) groups excluding carboxylic acids is 1. The van der Waals surface area contributed by atoms with Gasteiger partial charge >= 0.3 is 0 Å². The van der Waals surface area contributed by atoms with Crippen LogP contribution in [-0.4, -0.2) is 78.3 Å². The van der Waals surface area contributed by atoms with Crippen LogP contribution in [-0.2, 0) is 9.47 Å². The van der Waals surface area contributed by atoms with Crippen molar-refractivity contribution in [3.05, 3.63) is 30.1 Å². The van der Waals surface area contributed by atoms with Gasteiger partial charge in [-0.25, -0.2) is 0 Å². The number of pyridine rings is 1. The summed E-state index contributed by atoms with van der Waals surface area (Å²) in [6.07, 6.45) is 3.30.